The topological polar surface area (TPSA) is 76.4 Å². The van der Waals surface area contributed by atoms with Crippen LogP contribution in [0.15, 0.2) is 18.2 Å². The molecule has 0 spiro atoms. The van der Waals surface area contributed by atoms with Crippen LogP contribution in [0.25, 0.3) is 0 Å². The first kappa shape index (κ1) is 16.7. The van der Waals surface area contributed by atoms with Crippen LogP contribution in [-0.2, 0) is 9.53 Å². The molecule has 4 N–H and O–H groups in total. The van der Waals surface area contributed by atoms with Gasteiger partial charge in [-0.25, -0.2) is 0 Å². The molecular formula is C13H18ClN3O2S. The summed E-state index contributed by atoms with van der Waals surface area (Å²) in [6.45, 7) is 2.67. The van der Waals surface area contributed by atoms with E-state index in [9.17, 15) is 4.79 Å². The molecule has 0 radical (unpaired) electrons. The van der Waals surface area contributed by atoms with Crippen molar-refractivity contribution in [2.45, 2.75) is 13.0 Å². The Hall–Kier alpha value is -1.37. The summed E-state index contributed by atoms with van der Waals surface area (Å²) < 4.78 is 4.87. The number of halogens is 1. The van der Waals surface area contributed by atoms with Gasteiger partial charge in [0, 0.05) is 19.3 Å². The number of ether oxygens (including phenoxy) is 1. The third-order valence-electron chi connectivity index (χ3n) is 2.63. The number of thiocarbonyl (C=S) groups is 1. The van der Waals surface area contributed by atoms with Crippen LogP contribution in [0.1, 0.15) is 12.5 Å². The Bertz CT molecular complexity index is 497. The number of carbonyl (C=O) groups is 1. The highest BCUT2D eigenvalue weighted by Crippen LogP contribution is 2.24. The Morgan fingerprint density at radius 1 is 1.55 bits per heavy atom. The number of anilines is 1. The molecule has 0 saturated carbocycles. The number of hydrogen-bond donors (Lipinski definition) is 3. The van der Waals surface area contributed by atoms with Gasteiger partial charge in [-0.15, -0.1) is 0 Å². The number of benzene rings is 1. The first-order valence-corrected chi connectivity index (χ1v) is 6.87. The monoisotopic (exact) mass is 315 g/mol. The van der Waals surface area contributed by atoms with Crippen LogP contribution in [0.3, 0.4) is 0 Å². The van der Waals surface area contributed by atoms with E-state index in [0.717, 1.165) is 0 Å². The van der Waals surface area contributed by atoms with E-state index >= 15 is 0 Å². The minimum absolute atomic E-state index is 0.143. The van der Waals surface area contributed by atoms with Crippen LogP contribution in [0.4, 0.5) is 5.69 Å². The first-order chi connectivity index (χ1) is 9.47. The van der Waals surface area contributed by atoms with E-state index in [0.29, 0.717) is 29.4 Å². The lowest BCUT2D eigenvalue weighted by atomic mass is 10.1. The molecule has 0 aromatic heterocycles. The molecule has 1 amide bonds. The molecule has 5 nitrogen and oxygen atoms in total. The maximum Gasteiger partial charge on any atom is 0.242 e. The zero-order valence-electron chi connectivity index (χ0n) is 11.4. The predicted octanol–water partition coefficient (Wildman–Crippen LogP) is 1.54. The number of hydrogen-bond acceptors (Lipinski definition) is 4. The fraction of sp³-hybridized carbons (Fsp3) is 0.385. The lowest BCUT2D eigenvalue weighted by Crippen LogP contribution is -2.39. The van der Waals surface area contributed by atoms with Crippen LogP contribution < -0.4 is 16.4 Å². The maximum absolute atomic E-state index is 11.9. The number of carbonyl (C=O) groups excluding carboxylic acids is 1. The average molecular weight is 316 g/mol. The maximum atomic E-state index is 11.9. The quantitative estimate of drug-likeness (QED) is 0.525. The van der Waals surface area contributed by atoms with E-state index in [2.05, 4.69) is 10.6 Å². The van der Waals surface area contributed by atoms with E-state index in [-0.39, 0.29) is 10.9 Å². The molecule has 7 heteroatoms. The fourth-order valence-corrected chi connectivity index (χ4v) is 2.18. The molecule has 1 aromatic carbocycles. The normalized spacial score (nSPS) is 11.8. The molecule has 1 aromatic rings. The highest BCUT2D eigenvalue weighted by atomic mass is 35.5. The van der Waals surface area contributed by atoms with Crippen molar-refractivity contribution in [1.82, 2.24) is 5.32 Å². The fourth-order valence-electron chi connectivity index (χ4n) is 1.62. The second-order valence-electron chi connectivity index (χ2n) is 4.18. The first-order valence-electron chi connectivity index (χ1n) is 6.09. The summed E-state index contributed by atoms with van der Waals surface area (Å²) in [7, 11) is 1.58. The molecule has 20 heavy (non-hydrogen) atoms. The standard InChI is InChI=1S/C13H18ClN3O2S/c1-8(13(18)16-6-7-19-2)17-10-5-3-4-9(14)11(10)12(15)20/h3-5,8,17H,6-7H2,1-2H3,(H2,15,20)(H,16,18). The van der Waals surface area contributed by atoms with Crippen molar-refractivity contribution in [3.63, 3.8) is 0 Å². The van der Waals surface area contributed by atoms with Crippen LogP contribution in [0.5, 0.6) is 0 Å². The molecule has 1 unspecified atom stereocenters. The van der Waals surface area contributed by atoms with Crippen LogP contribution in [0.2, 0.25) is 5.02 Å². The predicted molar refractivity (Wildman–Crippen MR) is 85.3 cm³/mol. The zero-order chi connectivity index (χ0) is 15.1. The summed E-state index contributed by atoms with van der Waals surface area (Å²) in [4.78, 5) is 12.0. The molecular weight excluding hydrogens is 298 g/mol. The van der Waals surface area contributed by atoms with E-state index in [1.165, 1.54) is 0 Å². The largest absolute Gasteiger partial charge is 0.389 e. The lowest BCUT2D eigenvalue weighted by Gasteiger charge is -2.18. The third-order valence-corrected chi connectivity index (χ3v) is 3.15. The number of nitrogens with one attached hydrogen (secondary N) is 2. The van der Waals surface area contributed by atoms with Crippen molar-refractivity contribution in [2.75, 3.05) is 25.6 Å². The van der Waals surface area contributed by atoms with Crippen molar-refractivity contribution in [1.29, 1.82) is 0 Å². The van der Waals surface area contributed by atoms with E-state index in [1.807, 2.05) is 0 Å². The van der Waals surface area contributed by atoms with Crippen LogP contribution >= 0.6 is 23.8 Å². The van der Waals surface area contributed by atoms with Gasteiger partial charge >= 0.3 is 0 Å². The zero-order valence-corrected chi connectivity index (χ0v) is 13.0. The van der Waals surface area contributed by atoms with Crippen molar-refractivity contribution in [3.05, 3.63) is 28.8 Å². The van der Waals surface area contributed by atoms with Crippen LogP contribution in [0, 0.1) is 0 Å². The number of nitrogens with two attached hydrogens (primary N) is 1. The molecule has 0 saturated heterocycles. The molecule has 1 rings (SSSR count). The molecule has 0 aliphatic carbocycles. The minimum Gasteiger partial charge on any atom is -0.389 e. The van der Waals surface area contributed by atoms with E-state index in [1.54, 1.807) is 32.2 Å². The SMILES string of the molecule is COCCNC(=O)C(C)Nc1cccc(Cl)c1C(N)=S. The Balaban J connectivity index is 2.75. The van der Waals surface area contributed by atoms with Crippen LogP contribution in [-0.4, -0.2) is 37.2 Å². The average Bonchev–Trinajstić information content (AvgIpc) is 2.38. The van der Waals surface area contributed by atoms with Gasteiger partial charge < -0.3 is 21.1 Å². The Morgan fingerprint density at radius 3 is 2.85 bits per heavy atom. The number of amides is 1. The van der Waals surface area contributed by atoms with Gasteiger partial charge in [-0.2, -0.15) is 0 Å². The summed E-state index contributed by atoms with van der Waals surface area (Å²) >= 11 is 11.0. The highest BCUT2D eigenvalue weighted by Gasteiger charge is 2.16. The molecule has 110 valence electrons. The molecule has 0 bridgehead atoms. The van der Waals surface area contributed by atoms with Crippen molar-refractivity contribution in [3.8, 4) is 0 Å². The van der Waals surface area contributed by atoms with Crippen molar-refractivity contribution >= 4 is 40.4 Å². The highest BCUT2D eigenvalue weighted by molar-refractivity contribution is 7.80. The van der Waals surface area contributed by atoms with Gasteiger partial charge in [-0.1, -0.05) is 29.9 Å². The van der Waals surface area contributed by atoms with Gasteiger partial charge in [0.15, 0.2) is 0 Å². The Morgan fingerprint density at radius 2 is 2.25 bits per heavy atom. The summed E-state index contributed by atoms with van der Waals surface area (Å²) in [5, 5.41) is 6.25. The molecule has 0 aliphatic heterocycles. The molecule has 1 atom stereocenters. The Kier molecular flexibility index (Phi) is 6.70. The van der Waals surface area contributed by atoms with Crippen molar-refractivity contribution in [2.24, 2.45) is 5.73 Å². The lowest BCUT2D eigenvalue weighted by molar-refractivity contribution is -0.121. The van der Waals surface area contributed by atoms with Gasteiger partial charge in [-0.05, 0) is 19.1 Å². The molecule has 0 fully saturated rings. The summed E-state index contributed by atoms with van der Waals surface area (Å²) in [6, 6.07) is 4.80. The number of rotatable bonds is 7. The van der Waals surface area contributed by atoms with Gasteiger partial charge in [0.1, 0.15) is 11.0 Å². The van der Waals surface area contributed by atoms with Gasteiger partial charge in [0.2, 0.25) is 5.91 Å². The third kappa shape index (κ3) is 4.63. The molecule has 0 heterocycles. The smallest absolute Gasteiger partial charge is 0.242 e. The van der Waals surface area contributed by atoms with Crippen molar-refractivity contribution < 1.29 is 9.53 Å². The van der Waals surface area contributed by atoms with Gasteiger partial charge in [0.05, 0.1) is 17.2 Å². The van der Waals surface area contributed by atoms with E-state index < -0.39 is 6.04 Å². The van der Waals surface area contributed by atoms with Gasteiger partial charge in [-0.3, -0.25) is 4.79 Å². The summed E-state index contributed by atoms with van der Waals surface area (Å²) in [5.74, 6) is -0.143. The number of methoxy groups -OCH3 is 1. The minimum atomic E-state index is -0.446. The summed E-state index contributed by atoms with van der Waals surface area (Å²) in [5.41, 5.74) is 6.84. The Labute approximate surface area is 128 Å². The summed E-state index contributed by atoms with van der Waals surface area (Å²) in [6.07, 6.45) is 0. The second kappa shape index (κ2) is 8.04. The van der Waals surface area contributed by atoms with E-state index in [4.69, 9.17) is 34.3 Å². The molecule has 0 aliphatic rings. The second-order valence-corrected chi connectivity index (χ2v) is 5.02. The van der Waals surface area contributed by atoms with Gasteiger partial charge in [0.25, 0.3) is 0 Å².